The summed E-state index contributed by atoms with van der Waals surface area (Å²) in [6.45, 7) is 0.611. The molecule has 0 amide bonds. The van der Waals surface area contributed by atoms with Crippen LogP contribution >= 0.6 is 11.8 Å². The molecule has 19 heavy (non-hydrogen) atoms. The van der Waals surface area contributed by atoms with Gasteiger partial charge in [0, 0.05) is 16.8 Å². The van der Waals surface area contributed by atoms with Gasteiger partial charge in [0.25, 0.3) is 0 Å². The second-order valence-electron chi connectivity index (χ2n) is 4.10. The maximum Gasteiger partial charge on any atom is 0.350 e. The molecule has 0 aliphatic heterocycles. The number of fused-ring (bicyclic) bond motifs is 1. The number of pyridine rings is 1. The highest BCUT2D eigenvalue weighted by molar-refractivity contribution is 7.99. The lowest BCUT2D eigenvalue weighted by molar-refractivity contribution is 0.640. The van der Waals surface area contributed by atoms with Crippen molar-refractivity contribution in [1.82, 2.24) is 14.2 Å². The summed E-state index contributed by atoms with van der Waals surface area (Å²) in [5, 5.41) is 4.30. The van der Waals surface area contributed by atoms with E-state index in [1.165, 1.54) is 9.58 Å². The first-order valence-corrected chi connectivity index (χ1v) is 7.05. The Hall–Kier alpha value is -2.01. The SMILES string of the molecule is O=c1n(CCSc2ccccc2)nc2ccccn12. The molecule has 2 heterocycles. The molecule has 3 rings (SSSR count). The lowest BCUT2D eigenvalue weighted by Gasteiger charge is -2.00. The summed E-state index contributed by atoms with van der Waals surface area (Å²) in [6, 6.07) is 15.7. The van der Waals surface area contributed by atoms with Crippen molar-refractivity contribution in [2.75, 3.05) is 5.75 Å². The Kier molecular flexibility index (Phi) is 3.37. The van der Waals surface area contributed by atoms with Crippen molar-refractivity contribution >= 4 is 17.4 Å². The summed E-state index contributed by atoms with van der Waals surface area (Å²) in [7, 11) is 0. The van der Waals surface area contributed by atoms with E-state index in [0.717, 1.165) is 5.75 Å². The first-order chi connectivity index (χ1) is 9.34. The van der Waals surface area contributed by atoms with E-state index < -0.39 is 0 Å². The largest absolute Gasteiger partial charge is 0.350 e. The first kappa shape index (κ1) is 12.0. The van der Waals surface area contributed by atoms with E-state index in [2.05, 4.69) is 17.2 Å². The van der Waals surface area contributed by atoms with Gasteiger partial charge in [0.2, 0.25) is 0 Å². The summed E-state index contributed by atoms with van der Waals surface area (Å²) in [5.41, 5.74) is 0.612. The fraction of sp³-hybridized carbons (Fsp3) is 0.143. The minimum absolute atomic E-state index is 0.0794. The number of nitrogens with zero attached hydrogens (tertiary/aromatic N) is 3. The monoisotopic (exact) mass is 271 g/mol. The Morgan fingerprint density at radius 2 is 1.84 bits per heavy atom. The molecule has 0 fully saturated rings. The van der Waals surface area contributed by atoms with Gasteiger partial charge in [0.15, 0.2) is 5.65 Å². The number of aryl methyl sites for hydroxylation is 1. The minimum atomic E-state index is -0.0794. The summed E-state index contributed by atoms with van der Waals surface area (Å²) >= 11 is 1.72. The molecule has 1 aromatic carbocycles. The summed E-state index contributed by atoms with van der Waals surface area (Å²) in [6.07, 6.45) is 1.74. The molecule has 4 nitrogen and oxygen atoms in total. The van der Waals surface area contributed by atoms with E-state index in [1.54, 1.807) is 22.4 Å². The predicted molar refractivity (Wildman–Crippen MR) is 76.6 cm³/mol. The first-order valence-electron chi connectivity index (χ1n) is 6.07. The van der Waals surface area contributed by atoms with Gasteiger partial charge in [-0.05, 0) is 24.3 Å². The maximum atomic E-state index is 12.0. The molecule has 96 valence electrons. The van der Waals surface area contributed by atoms with Crippen LogP contribution in [0.2, 0.25) is 0 Å². The van der Waals surface area contributed by atoms with Gasteiger partial charge in [-0.15, -0.1) is 16.9 Å². The lowest BCUT2D eigenvalue weighted by Crippen LogP contribution is -2.21. The maximum absolute atomic E-state index is 12.0. The van der Waals surface area contributed by atoms with Gasteiger partial charge in [-0.3, -0.25) is 4.40 Å². The van der Waals surface area contributed by atoms with E-state index in [-0.39, 0.29) is 5.69 Å². The van der Waals surface area contributed by atoms with E-state index >= 15 is 0 Å². The zero-order valence-electron chi connectivity index (χ0n) is 10.3. The molecule has 0 N–H and O–H groups in total. The molecule has 2 aromatic heterocycles. The highest BCUT2D eigenvalue weighted by Crippen LogP contribution is 2.16. The van der Waals surface area contributed by atoms with Crippen LogP contribution in [0.4, 0.5) is 0 Å². The number of rotatable bonds is 4. The number of thioether (sulfide) groups is 1. The third kappa shape index (κ3) is 2.56. The topological polar surface area (TPSA) is 39.3 Å². The van der Waals surface area contributed by atoms with Crippen molar-refractivity contribution in [1.29, 1.82) is 0 Å². The Balaban J connectivity index is 1.72. The quantitative estimate of drug-likeness (QED) is 0.683. The van der Waals surface area contributed by atoms with Gasteiger partial charge >= 0.3 is 5.69 Å². The average Bonchev–Trinajstić information content (AvgIpc) is 2.78. The van der Waals surface area contributed by atoms with Crippen LogP contribution in [0.3, 0.4) is 0 Å². The molecular weight excluding hydrogens is 258 g/mol. The third-order valence-electron chi connectivity index (χ3n) is 2.80. The molecule has 0 aliphatic rings. The lowest BCUT2D eigenvalue weighted by atomic mass is 10.4. The molecule has 0 radical (unpaired) electrons. The smallest absolute Gasteiger partial charge is 0.250 e. The van der Waals surface area contributed by atoms with Gasteiger partial charge in [0.05, 0.1) is 6.54 Å². The highest BCUT2D eigenvalue weighted by Gasteiger charge is 2.05. The zero-order valence-corrected chi connectivity index (χ0v) is 11.1. The van der Waals surface area contributed by atoms with Crippen molar-refractivity contribution in [2.45, 2.75) is 11.4 Å². The summed E-state index contributed by atoms with van der Waals surface area (Å²) in [5.74, 6) is 0.827. The van der Waals surface area contributed by atoms with Crippen LogP contribution < -0.4 is 5.69 Å². The summed E-state index contributed by atoms with van der Waals surface area (Å²) in [4.78, 5) is 13.2. The van der Waals surface area contributed by atoms with Crippen LogP contribution in [0.25, 0.3) is 5.65 Å². The van der Waals surface area contributed by atoms with Crippen LogP contribution in [0.1, 0.15) is 0 Å². The van der Waals surface area contributed by atoms with E-state index in [1.807, 2.05) is 36.4 Å². The molecule has 0 unspecified atom stereocenters. The minimum Gasteiger partial charge on any atom is -0.250 e. The second-order valence-corrected chi connectivity index (χ2v) is 5.26. The number of aromatic nitrogens is 3. The fourth-order valence-corrected chi connectivity index (χ4v) is 2.73. The van der Waals surface area contributed by atoms with Crippen LogP contribution in [-0.4, -0.2) is 19.9 Å². The van der Waals surface area contributed by atoms with Gasteiger partial charge in [0.1, 0.15) is 0 Å². The zero-order chi connectivity index (χ0) is 13.1. The van der Waals surface area contributed by atoms with Crippen LogP contribution in [0.15, 0.2) is 64.4 Å². The molecule has 0 spiro atoms. The Labute approximate surface area is 114 Å². The van der Waals surface area contributed by atoms with E-state index in [9.17, 15) is 4.79 Å². The molecule has 0 atom stereocenters. The number of hydrogen-bond acceptors (Lipinski definition) is 3. The standard InChI is InChI=1S/C14H13N3OS/c18-14-16-9-5-4-8-13(16)15-17(14)10-11-19-12-6-2-1-3-7-12/h1-9H,10-11H2. The van der Waals surface area contributed by atoms with Gasteiger partial charge < -0.3 is 0 Å². The normalized spacial score (nSPS) is 10.9. The van der Waals surface area contributed by atoms with Gasteiger partial charge in [-0.2, -0.15) is 0 Å². The molecule has 0 bridgehead atoms. The van der Waals surface area contributed by atoms with Gasteiger partial charge in [-0.1, -0.05) is 24.3 Å². The molecule has 0 aliphatic carbocycles. The van der Waals surface area contributed by atoms with Crippen molar-refractivity contribution in [3.63, 3.8) is 0 Å². The van der Waals surface area contributed by atoms with Crippen molar-refractivity contribution in [3.8, 4) is 0 Å². The number of hydrogen-bond donors (Lipinski definition) is 0. The predicted octanol–water partition coefficient (Wildman–Crippen LogP) is 2.29. The van der Waals surface area contributed by atoms with Crippen molar-refractivity contribution in [2.24, 2.45) is 0 Å². The third-order valence-corrected chi connectivity index (χ3v) is 3.80. The van der Waals surface area contributed by atoms with E-state index in [0.29, 0.717) is 12.2 Å². The summed E-state index contributed by atoms with van der Waals surface area (Å²) < 4.78 is 3.08. The fourth-order valence-electron chi connectivity index (χ4n) is 1.88. The Morgan fingerprint density at radius 3 is 2.63 bits per heavy atom. The molecule has 5 heteroatoms. The molecule has 3 aromatic rings. The second kappa shape index (κ2) is 5.32. The van der Waals surface area contributed by atoms with Crippen molar-refractivity contribution < 1.29 is 0 Å². The Morgan fingerprint density at radius 1 is 1.05 bits per heavy atom. The molecule has 0 saturated carbocycles. The molecule has 0 saturated heterocycles. The Bertz CT molecular complexity index is 733. The average molecular weight is 271 g/mol. The van der Waals surface area contributed by atoms with Crippen LogP contribution in [0.5, 0.6) is 0 Å². The number of benzene rings is 1. The van der Waals surface area contributed by atoms with Crippen LogP contribution in [-0.2, 0) is 6.54 Å². The van der Waals surface area contributed by atoms with Crippen molar-refractivity contribution in [3.05, 3.63) is 65.2 Å². The molecular formula is C14H13N3OS. The van der Waals surface area contributed by atoms with Crippen LogP contribution in [0, 0.1) is 0 Å². The highest BCUT2D eigenvalue weighted by atomic mass is 32.2. The van der Waals surface area contributed by atoms with E-state index in [4.69, 9.17) is 0 Å². The van der Waals surface area contributed by atoms with Gasteiger partial charge in [-0.25, -0.2) is 9.48 Å².